The van der Waals surface area contributed by atoms with Gasteiger partial charge >= 0.3 is 5.97 Å². The van der Waals surface area contributed by atoms with Crippen molar-refractivity contribution in [3.8, 4) is 5.75 Å². The average Bonchev–Trinajstić information content (AvgIpc) is 3.28. The number of nitrogens with zero attached hydrogens (tertiary/aromatic N) is 3. The smallest absolute Gasteiger partial charge is 0.309 e. The molecule has 1 saturated heterocycles. The zero-order chi connectivity index (χ0) is 23.9. The number of fused-ring (bicyclic) bond motifs is 1. The quantitative estimate of drug-likeness (QED) is 0.565. The van der Waals surface area contributed by atoms with Crippen LogP contribution in [0.5, 0.6) is 5.75 Å². The topological polar surface area (TPSA) is 102 Å². The van der Waals surface area contributed by atoms with Crippen molar-refractivity contribution in [2.24, 2.45) is 5.92 Å². The standard InChI is InChI=1S/C24H29N3O5S/c1-15(2)32-18-6-8-19(9-7-18)33(30,31)26-13-17(4)23(14-26)27-22-11-16(3)5-10-20(22)21(25-27)12-24(28)29/h5-11,15,17,23H,12-14H2,1-4H3,(H,28,29)/t17-,23+/m1/s1. The molecule has 2 heterocycles. The van der Waals surface area contributed by atoms with E-state index in [1.165, 1.54) is 4.31 Å². The first-order valence-corrected chi connectivity index (χ1v) is 12.5. The van der Waals surface area contributed by atoms with Crippen LogP contribution in [0, 0.1) is 12.8 Å². The molecular formula is C24H29N3O5S. The van der Waals surface area contributed by atoms with Crippen molar-refractivity contribution < 1.29 is 23.1 Å². The van der Waals surface area contributed by atoms with Crippen molar-refractivity contribution >= 4 is 26.9 Å². The summed E-state index contributed by atoms with van der Waals surface area (Å²) in [4.78, 5) is 11.6. The molecule has 3 aromatic rings. The second-order valence-electron chi connectivity index (χ2n) is 8.99. The van der Waals surface area contributed by atoms with Crippen LogP contribution >= 0.6 is 0 Å². The van der Waals surface area contributed by atoms with Gasteiger partial charge in [0.25, 0.3) is 0 Å². The Hall–Kier alpha value is -2.91. The maximum atomic E-state index is 13.3. The number of carboxylic acid groups (broad SMARTS) is 1. The normalized spacial score (nSPS) is 19.4. The van der Waals surface area contributed by atoms with Gasteiger partial charge in [-0.15, -0.1) is 0 Å². The van der Waals surface area contributed by atoms with E-state index in [0.717, 1.165) is 16.5 Å². The molecule has 9 heteroatoms. The largest absolute Gasteiger partial charge is 0.491 e. The van der Waals surface area contributed by atoms with E-state index in [-0.39, 0.29) is 35.9 Å². The van der Waals surface area contributed by atoms with Crippen LogP contribution in [0.15, 0.2) is 47.4 Å². The first-order valence-electron chi connectivity index (χ1n) is 11.0. The van der Waals surface area contributed by atoms with Gasteiger partial charge in [0.1, 0.15) is 5.75 Å². The molecule has 33 heavy (non-hydrogen) atoms. The molecule has 8 nitrogen and oxygen atoms in total. The Bertz CT molecular complexity index is 1280. The lowest BCUT2D eigenvalue weighted by atomic mass is 10.1. The summed E-state index contributed by atoms with van der Waals surface area (Å²) in [6.07, 6.45) is -0.174. The van der Waals surface area contributed by atoms with Crippen molar-refractivity contribution in [2.75, 3.05) is 13.1 Å². The third kappa shape index (κ3) is 4.60. The van der Waals surface area contributed by atoms with Gasteiger partial charge in [0, 0.05) is 18.5 Å². The number of carboxylic acids is 1. The molecule has 0 bridgehead atoms. The highest BCUT2D eigenvalue weighted by atomic mass is 32.2. The molecule has 0 spiro atoms. The molecule has 4 rings (SSSR count). The van der Waals surface area contributed by atoms with Crippen molar-refractivity contribution in [3.63, 3.8) is 0 Å². The van der Waals surface area contributed by atoms with E-state index >= 15 is 0 Å². The highest BCUT2D eigenvalue weighted by Gasteiger charge is 2.39. The van der Waals surface area contributed by atoms with Crippen LogP contribution in [0.1, 0.15) is 38.1 Å². The van der Waals surface area contributed by atoms with Crippen LogP contribution in [0.25, 0.3) is 10.9 Å². The summed E-state index contributed by atoms with van der Waals surface area (Å²) in [5, 5.41) is 14.7. The number of carbonyl (C=O) groups is 1. The Morgan fingerprint density at radius 2 is 1.88 bits per heavy atom. The molecule has 1 fully saturated rings. The van der Waals surface area contributed by atoms with Crippen LogP contribution in [-0.2, 0) is 21.2 Å². The first-order chi connectivity index (χ1) is 15.6. The van der Waals surface area contributed by atoms with E-state index in [9.17, 15) is 18.3 Å². The number of benzene rings is 2. The van der Waals surface area contributed by atoms with Gasteiger partial charge in [0.05, 0.1) is 34.7 Å². The molecule has 2 aromatic carbocycles. The summed E-state index contributed by atoms with van der Waals surface area (Å²) >= 11 is 0. The zero-order valence-electron chi connectivity index (χ0n) is 19.2. The van der Waals surface area contributed by atoms with E-state index in [1.807, 2.05) is 50.6 Å². The second kappa shape index (κ2) is 8.79. The molecule has 1 aliphatic heterocycles. The minimum atomic E-state index is -3.69. The minimum Gasteiger partial charge on any atom is -0.491 e. The molecule has 1 aromatic heterocycles. The maximum Gasteiger partial charge on any atom is 0.309 e. The van der Waals surface area contributed by atoms with Gasteiger partial charge in [-0.05, 0) is 62.6 Å². The van der Waals surface area contributed by atoms with Crippen molar-refractivity contribution in [1.82, 2.24) is 14.1 Å². The van der Waals surface area contributed by atoms with E-state index < -0.39 is 16.0 Å². The van der Waals surface area contributed by atoms with Crippen LogP contribution in [0.3, 0.4) is 0 Å². The fourth-order valence-electron chi connectivity index (χ4n) is 4.37. The zero-order valence-corrected chi connectivity index (χ0v) is 20.0. The van der Waals surface area contributed by atoms with Gasteiger partial charge < -0.3 is 9.84 Å². The van der Waals surface area contributed by atoms with Gasteiger partial charge in [0.15, 0.2) is 0 Å². The maximum absolute atomic E-state index is 13.3. The van der Waals surface area contributed by atoms with E-state index in [4.69, 9.17) is 4.74 Å². The Balaban J connectivity index is 1.64. The molecule has 176 valence electrons. The van der Waals surface area contributed by atoms with Crippen LogP contribution in [0.2, 0.25) is 0 Å². The number of hydrogen-bond donors (Lipinski definition) is 1. The Kier molecular flexibility index (Phi) is 6.20. The third-order valence-electron chi connectivity index (χ3n) is 5.94. The number of rotatable bonds is 7. The molecule has 0 radical (unpaired) electrons. The van der Waals surface area contributed by atoms with Crippen molar-refractivity contribution in [2.45, 2.75) is 51.2 Å². The van der Waals surface area contributed by atoms with Crippen molar-refractivity contribution in [3.05, 3.63) is 53.7 Å². The lowest BCUT2D eigenvalue weighted by Gasteiger charge is -2.18. The van der Waals surface area contributed by atoms with Gasteiger partial charge in [0.2, 0.25) is 10.0 Å². The minimum absolute atomic E-state index is 0.00427. The number of sulfonamides is 1. The fraction of sp³-hybridized carbons (Fsp3) is 0.417. The highest BCUT2D eigenvalue weighted by Crippen LogP contribution is 2.35. The monoisotopic (exact) mass is 471 g/mol. The first kappa shape index (κ1) is 23.3. The molecular weight excluding hydrogens is 442 g/mol. The van der Waals surface area contributed by atoms with Gasteiger partial charge in [-0.2, -0.15) is 9.40 Å². The third-order valence-corrected chi connectivity index (χ3v) is 7.79. The summed E-state index contributed by atoms with van der Waals surface area (Å²) in [7, 11) is -3.69. The molecule has 0 unspecified atom stereocenters. The Morgan fingerprint density at radius 3 is 2.52 bits per heavy atom. The predicted molar refractivity (Wildman–Crippen MR) is 125 cm³/mol. The number of aliphatic carboxylic acids is 1. The lowest BCUT2D eigenvalue weighted by molar-refractivity contribution is -0.136. The summed E-state index contributed by atoms with van der Waals surface area (Å²) in [6, 6.07) is 12.1. The van der Waals surface area contributed by atoms with E-state index in [0.29, 0.717) is 18.0 Å². The summed E-state index contributed by atoms with van der Waals surface area (Å²) in [6.45, 7) is 8.43. The van der Waals surface area contributed by atoms with Gasteiger partial charge in [-0.25, -0.2) is 8.42 Å². The molecule has 2 atom stereocenters. The molecule has 1 aliphatic rings. The van der Waals surface area contributed by atoms with Crippen LogP contribution in [0.4, 0.5) is 0 Å². The lowest BCUT2D eigenvalue weighted by Crippen LogP contribution is -2.29. The Labute approximate surface area is 193 Å². The van der Waals surface area contributed by atoms with Crippen molar-refractivity contribution in [1.29, 1.82) is 0 Å². The average molecular weight is 472 g/mol. The van der Waals surface area contributed by atoms with E-state index in [2.05, 4.69) is 5.10 Å². The summed E-state index contributed by atoms with van der Waals surface area (Å²) in [5.41, 5.74) is 2.36. The molecule has 0 saturated carbocycles. The van der Waals surface area contributed by atoms with Gasteiger partial charge in [-0.1, -0.05) is 19.1 Å². The van der Waals surface area contributed by atoms with Crippen LogP contribution < -0.4 is 4.74 Å². The molecule has 0 amide bonds. The number of ether oxygens (including phenoxy) is 1. The predicted octanol–water partition coefficient (Wildman–Crippen LogP) is 3.64. The number of hydrogen-bond acceptors (Lipinski definition) is 5. The molecule has 1 N–H and O–H groups in total. The molecule has 0 aliphatic carbocycles. The fourth-order valence-corrected chi connectivity index (χ4v) is 5.93. The summed E-state index contributed by atoms with van der Waals surface area (Å²) in [5.74, 6) is -0.318. The van der Waals surface area contributed by atoms with E-state index in [1.54, 1.807) is 24.3 Å². The number of aryl methyl sites for hydroxylation is 1. The summed E-state index contributed by atoms with van der Waals surface area (Å²) < 4.78 is 35.6. The highest BCUT2D eigenvalue weighted by molar-refractivity contribution is 7.89. The second-order valence-corrected chi connectivity index (χ2v) is 10.9. The SMILES string of the molecule is Cc1ccc2c(CC(=O)O)nn([C@H]3CN(S(=O)(=O)c4ccc(OC(C)C)cc4)C[C@H]3C)c2c1. The number of aromatic nitrogens is 2. The van der Waals surface area contributed by atoms with Crippen LogP contribution in [-0.4, -0.2) is 52.8 Å². The Morgan fingerprint density at radius 1 is 1.18 bits per heavy atom. The van der Waals surface area contributed by atoms with Gasteiger partial charge in [-0.3, -0.25) is 9.48 Å².